The van der Waals surface area contributed by atoms with Crippen LogP contribution in [0.1, 0.15) is 68.2 Å². The van der Waals surface area contributed by atoms with Crippen LogP contribution in [0.5, 0.6) is 0 Å². The number of carbonyl (C=O) groups excluding carboxylic acids is 1. The van der Waals surface area contributed by atoms with Crippen LogP contribution >= 0.6 is 0 Å². The van der Waals surface area contributed by atoms with Gasteiger partial charge in [0.1, 0.15) is 11.6 Å². The molecule has 4 rings (SSSR count). The van der Waals surface area contributed by atoms with E-state index in [1.807, 2.05) is 0 Å². The van der Waals surface area contributed by atoms with Gasteiger partial charge in [-0.2, -0.15) is 0 Å². The van der Waals surface area contributed by atoms with Gasteiger partial charge in [0.05, 0.1) is 5.41 Å². The topological polar surface area (TPSA) is 29.1 Å². The molecule has 45 heavy (non-hydrogen) atoms. The van der Waals surface area contributed by atoms with Gasteiger partial charge in [-0.3, -0.25) is 4.79 Å². The van der Waals surface area contributed by atoms with Crippen molar-refractivity contribution in [2.75, 3.05) is 7.05 Å². The maximum atomic E-state index is 16.6. The predicted molar refractivity (Wildman–Crippen MR) is 172 cm³/mol. The Morgan fingerprint density at radius 3 is 2.42 bits per heavy atom. The van der Waals surface area contributed by atoms with Gasteiger partial charge in [0.2, 0.25) is 0 Å². The Bertz CT molecular complexity index is 1730. The van der Waals surface area contributed by atoms with Gasteiger partial charge in [0.25, 0.3) is 5.92 Å². The van der Waals surface area contributed by atoms with E-state index in [1.165, 1.54) is 31.2 Å². The third-order valence-electron chi connectivity index (χ3n) is 8.37. The normalized spacial score (nSPS) is 15.8. The summed E-state index contributed by atoms with van der Waals surface area (Å²) in [5, 5.41) is 3.03. The first kappa shape index (κ1) is 33.4. The van der Waals surface area contributed by atoms with Gasteiger partial charge in [-0.15, -0.1) is 5.73 Å². The number of allylic oxidation sites excluding steroid dienone is 10. The van der Waals surface area contributed by atoms with Crippen LogP contribution in [0.3, 0.4) is 0 Å². The Kier molecular flexibility index (Phi) is 10.1. The highest BCUT2D eigenvalue weighted by Crippen LogP contribution is 2.50. The summed E-state index contributed by atoms with van der Waals surface area (Å²) in [6.45, 7) is 11.1. The fourth-order valence-electron chi connectivity index (χ4n) is 5.50. The lowest BCUT2D eigenvalue weighted by Gasteiger charge is -2.19. The van der Waals surface area contributed by atoms with Crippen LogP contribution < -0.4 is 5.32 Å². The molecule has 0 atom stereocenters. The molecule has 0 amide bonds. The number of halogens is 5. The zero-order valence-electron chi connectivity index (χ0n) is 25.7. The number of hydrogen-bond acceptors (Lipinski definition) is 2. The summed E-state index contributed by atoms with van der Waals surface area (Å²) >= 11 is 0. The molecule has 0 bridgehead atoms. The van der Waals surface area contributed by atoms with Gasteiger partial charge in [-0.05, 0) is 84.4 Å². The van der Waals surface area contributed by atoms with Crippen LogP contribution in [0.4, 0.5) is 22.0 Å². The maximum Gasteiger partial charge on any atom is 0.273 e. The third kappa shape index (κ3) is 6.94. The molecular formula is C38H36F5NO. The molecule has 0 radical (unpaired) electrons. The summed E-state index contributed by atoms with van der Waals surface area (Å²) in [5.74, 6) is -5.78. The zero-order valence-corrected chi connectivity index (χ0v) is 25.7. The second-order valence-corrected chi connectivity index (χ2v) is 11.2. The zero-order chi connectivity index (χ0) is 32.9. The first-order valence-corrected chi connectivity index (χ1v) is 14.8. The number of benzene rings is 2. The molecule has 0 unspecified atom stereocenters. The van der Waals surface area contributed by atoms with Crippen molar-refractivity contribution in [2.24, 2.45) is 0 Å². The summed E-state index contributed by atoms with van der Waals surface area (Å²) in [5.41, 5.74) is 4.61. The highest BCUT2D eigenvalue weighted by molar-refractivity contribution is 5.94. The monoisotopic (exact) mass is 617 g/mol. The van der Waals surface area contributed by atoms with Crippen LogP contribution in [-0.2, 0) is 10.2 Å². The van der Waals surface area contributed by atoms with Crippen LogP contribution in [0.2, 0.25) is 0 Å². The summed E-state index contributed by atoms with van der Waals surface area (Å²) in [4.78, 5) is 13.3. The molecule has 0 spiro atoms. The second kappa shape index (κ2) is 13.7. The van der Waals surface area contributed by atoms with Crippen molar-refractivity contribution < 1.29 is 26.7 Å². The van der Waals surface area contributed by atoms with Gasteiger partial charge in [0.15, 0.2) is 11.6 Å². The van der Waals surface area contributed by atoms with Crippen molar-refractivity contribution >= 4 is 22.6 Å². The molecule has 0 saturated heterocycles. The summed E-state index contributed by atoms with van der Waals surface area (Å²) < 4.78 is 73.2. The van der Waals surface area contributed by atoms with Gasteiger partial charge in [-0.1, -0.05) is 62.6 Å². The SMILES string of the molecule is C=C1C=CC(c2ccc(C(=C)CCC(=O)C3(c4ccc(F)c(F)c4)CC3)c(F)c2/C(=C\C=C=CC)NC)=CC=C1C(F)(F)CC. The van der Waals surface area contributed by atoms with E-state index in [1.54, 1.807) is 50.4 Å². The van der Waals surface area contributed by atoms with E-state index in [-0.39, 0.29) is 47.3 Å². The molecule has 0 aliphatic heterocycles. The molecule has 2 aliphatic carbocycles. The molecule has 0 heterocycles. The lowest BCUT2D eigenvalue weighted by molar-refractivity contribution is -0.121. The van der Waals surface area contributed by atoms with Crippen LogP contribution in [-0.4, -0.2) is 18.8 Å². The molecule has 1 saturated carbocycles. The Hall–Kier alpha value is -4.48. The van der Waals surface area contributed by atoms with E-state index >= 15 is 4.39 Å². The first-order valence-electron chi connectivity index (χ1n) is 14.8. The number of ketones is 1. The minimum absolute atomic E-state index is 0.0440. The number of rotatable bonds is 12. The molecule has 2 nitrogen and oxygen atoms in total. The highest BCUT2D eigenvalue weighted by Gasteiger charge is 2.50. The average molecular weight is 618 g/mol. The van der Waals surface area contributed by atoms with Crippen LogP contribution in [0, 0.1) is 17.5 Å². The Morgan fingerprint density at radius 2 is 1.80 bits per heavy atom. The lowest BCUT2D eigenvalue weighted by Crippen LogP contribution is -2.20. The van der Waals surface area contributed by atoms with Gasteiger partial charge >= 0.3 is 0 Å². The standard InChI is InChI=1S/C38H36F5NO/c1-6-8-9-10-33(44-5)35-29(26-13-11-25(4)30(18-14-26)38(42,43)7-2)17-16-28(36(35)41)24(3)12-20-34(45)37(21-22-37)27-15-19-31(39)32(40)23-27/h6,9-11,13-19,23,44H,3-4,7,12,20-22H2,1-2,5H3/b33-10+. The largest absolute Gasteiger partial charge is 0.388 e. The van der Waals surface area contributed by atoms with Crippen molar-refractivity contribution in [3.05, 3.63) is 143 Å². The van der Waals surface area contributed by atoms with Gasteiger partial charge < -0.3 is 5.32 Å². The van der Waals surface area contributed by atoms with Crippen LogP contribution in [0.15, 0.2) is 103 Å². The van der Waals surface area contributed by atoms with Crippen molar-refractivity contribution in [1.82, 2.24) is 5.32 Å². The smallest absolute Gasteiger partial charge is 0.273 e. The van der Waals surface area contributed by atoms with Gasteiger partial charge in [-0.25, -0.2) is 22.0 Å². The average Bonchev–Trinajstić information content (AvgIpc) is 3.85. The Morgan fingerprint density at radius 1 is 1.07 bits per heavy atom. The van der Waals surface area contributed by atoms with Crippen molar-refractivity contribution in [3.63, 3.8) is 0 Å². The molecule has 1 N–H and O–H groups in total. The molecule has 1 fully saturated rings. The molecule has 7 heteroatoms. The van der Waals surface area contributed by atoms with E-state index in [0.717, 1.165) is 12.1 Å². The van der Waals surface area contributed by atoms with E-state index < -0.39 is 28.8 Å². The van der Waals surface area contributed by atoms with E-state index in [4.69, 9.17) is 0 Å². The Labute approximate surface area is 261 Å². The maximum absolute atomic E-state index is 16.6. The van der Waals surface area contributed by atoms with E-state index in [2.05, 4.69) is 24.2 Å². The molecule has 2 aliphatic rings. The summed E-state index contributed by atoms with van der Waals surface area (Å²) in [7, 11) is 1.64. The second-order valence-electron chi connectivity index (χ2n) is 11.2. The summed E-state index contributed by atoms with van der Waals surface area (Å²) in [6, 6.07) is 6.79. The number of Topliss-reactive ketones (excluding diaryl/α,β-unsaturated/α-hetero) is 1. The first-order chi connectivity index (χ1) is 21.4. The molecular weight excluding hydrogens is 581 g/mol. The Balaban J connectivity index is 1.71. The molecule has 2 aromatic rings. The highest BCUT2D eigenvalue weighted by atomic mass is 19.3. The number of carbonyl (C=O) groups is 1. The van der Waals surface area contributed by atoms with E-state index in [9.17, 15) is 22.4 Å². The number of hydrogen-bond donors (Lipinski definition) is 1. The van der Waals surface area contributed by atoms with Crippen molar-refractivity contribution in [2.45, 2.75) is 57.3 Å². The molecule has 2 aromatic carbocycles. The van der Waals surface area contributed by atoms with Gasteiger partial charge in [0, 0.05) is 42.3 Å². The lowest BCUT2D eigenvalue weighted by atomic mass is 9.86. The van der Waals surface area contributed by atoms with E-state index in [0.29, 0.717) is 40.8 Å². The third-order valence-corrected chi connectivity index (χ3v) is 8.37. The molecule has 234 valence electrons. The summed E-state index contributed by atoms with van der Waals surface area (Å²) in [6.07, 6.45) is 11.8. The van der Waals surface area contributed by atoms with Crippen molar-refractivity contribution in [1.29, 1.82) is 0 Å². The minimum Gasteiger partial charge on any atom is -0.388 e. The number of alkyl halides is 2. The predicted octanol–water partition coefficient (Wildman–Crippen LogP) is 9.97. The quantitative estimate of drug-likeness (QED) is 0.146. The molecule has 0 aromatic heterocycles. The number of nitrogens with one attached hydrogen (secondary N) is 1. The fourth-order valence-corrected chi connectivity index (χ4v) is 5.50. The minimum atomic E-state index is -3.07. The fraction of sp³-hybridized carbons (Fsp3) is 0.263. The van der Waals surface area contributed by atoms with Crippen molar-refractivity contribution in [3.8, 4) is 0 Å². The van der Waals surface area contributed by atoms with Crippen LogP contribution in [0.25, 0.3) is 16.8 Å².